The highest BCUT2D eigenvalue weighted by atomic mass is 127. The highest BCUT2D eigenvalue weighted by Gasteiger charge is 2.34. The van der Waals surface area contributed by atoms with Crippen LogP contribution in [0.3, 0.4) is 0 Å². The van der Waals surface area contributed by atoms with Gasteiger partial charge in [0, 0.05) is 0 Å². The van der Waals surface area contributed by atoms with Crippen molar-refractivity contribution in [3.8, 4) is 17.2 Å². The first-order valence-electron chi connectivity index (χ1n) is 10.5. The van der Waals surface area contributed by atoms with Gasteiger partial charge >= 0.3 is 0 Å². The zero-order valence-electron chi connectivity index (χ0n) is 18.4. The fourth-order valence-corrected chi connectivity index (χ4v) is 4.66. The molecule has 1 heterocycles. The van der Waals surface area contributed by atoms with Crippen molar-refractivity contribution in [2.75, 3.05) is 26.4 Å². The summed E-state index contributed by atoms with van der Waals surface area (Å²) in [5.74, 6) is 1.73. The lowest BCUT2D eigenvalue weighted by Gasteiger charge is -2.14. The molecule has 0 bridgehead atoms. The summed E-state index contributed by atoms with van der Waals surface area (Å²) < 4.78 is 18.1. The van der Waals surface area contributed by atoms with Gasteiger partial charge in [-0.1, -0.05) is 24.6 Å². The normalized spacial score (nSPS) is 14.9. The van der Waals surface area contributed by atoms with Gasteiger partial charge in [-0.15, -0.1) is 0 Å². The van der Waals surface area contributed by atoms with Crippen LogP contribution in [0.4, 0.5) is 4.79 Å². The smallest absolute Gasteiger partial charge is 0.293 e. The van der Waals surface area contributed by atoms with Gasteiger partial charge < -0.3 is 14.2 Å². The fraction of sp³-hybridized carbons (Fsp3) is 0.333. The number of aryl methyl sites for hydroxylation is 1. The maximum absolute atomic E-state index is 12.8. The van der Waals surface area contributed by atoms with Gasteiger partial charge in [0.15, 0.2) is 11.5 Å². The summed E-state index contributed by atoms with van der Waals surface area (Å²) in [6, 6.07) is 11.4. The Hall–Kier alpha value is -2.20. The quantitative estimate of drug-likeness (QED) is 0.263. The lowest BCUT2D eigenvalue weighted by atomic mass is 10.2. The Morgan fingerprint density at radius 1 is 1.03 bits per heavy atom. The Morgan fingerprint density at radius 3 is 2.47 bits per heavy atom. The lowest BCUT2D eigenvalue weighted by molar-refractivity contribution is -0.123. The number of hydrogen-bond acceptors (Lipinski definition) is 6. The second-order valence-electron chi connectivity index (χ2n) is 7.11. The van der Waals surface area contributed by atoms with E-state index in [1.807, 2.05) is 57.2 Å². The number of imide groups is 1. The molecule has 170 valence electrons. The van der Waals surface area contributed by atoms with Gasteiger partial charge in [-0.05, 0) is 90.5 Å². The van der Waals surface area contributed by atoms with E-state index in [-0.39, 0.29) is 24.3 Å². The summed E-state index contributed by atoms with van der Waals surface area (Å²) in [7, 11) is 0. The first-order chi connectivity index (χ1) is 15.4. The Bertz CT molecular complexity index is 1010. The number of rotatable bonds is 10. The van der Waals surface area contributed by atoms with Crippen molar-refractivity contribution in [3.05, 3.63) is 56.0 Å². The van der Waals surface area contributed by atoms with Gasteiger partial charge in [-0.2, -0.15) is 0 Å². The third-order valence-electron chi connectivity index (χ3n) is 4.56. The van der Waals surface area contributed by atoms with E-state index in [4.69, 9.17) is 14.2 Å². The molecule has 0 atom stereocenters. The van der Waals surface area contributed by atoms with Crippen molar-refractivity contribution in [1.29, 1.82) is 0 Å². The summed E-state index contributed by atoms with van der Waals surface area (Å²) in [6.07, 6.45) is 2.62. The zero-order valence-corrected chi connectivity index (χ0v) is 21.3. The average molecular weight is 567 g/mol. The number of thioether (sulfide) groups is 1. The SMILES string of the molecule is CCCOc1c(I)cc(/C=C2\SC(=O)N(CCOc3ccc(C)cc3)C2=O)cc1OCC. The van der Waals surface area contributed by atoms with Crippen LogP contribution in [0.2, 0.25) is 0 Å². The van der Waals surface area contributed by atoms with Crippen LogP contribution in [0.25, 0.3) is 6.08 Å². The molecule has 8 heteroatoms. The predicted octanol–water partition coefficient (Wildman–Crippen LogP) is 5.90. The van der Waals surface area contributed by atoms with Crippen LogP contribution in [0.5, 0.6) is 17.2 Å². The van der Waals surface area contributed by atoms with Crippen LogP contribution in [-0.4, -0.2) is 42.4 Å². The predicted molar refractivity (Wildman–Crippen MR) is 135 cm³/mol. The van der Waals surface area contributed by atoms with Gasteiger partial charge in [0.05, 0.1) is 28.2 Å². The molecule has 2 aromatic rings. The first-order valence-corrected chi connectivity index (χ1v) is 12.4. The molecule has 0 saturated carbocycles. The second-order valence-corrected chi connectivity index (χ2v) is 9.26. The molecule has 6 nitrogen and oxygen atoms in total. The number of halogens is 1. The molecule has 1 aliphatic rings. The summed E-state index contributed by atoms with van der Waals surface area (Å²) in [4.78, 5) is 26.8. The maximum atomic E-state index is 12.8. The Morgan fingerprint density at radius 2 is 1.78 bits per heavy atom. The molecule has 2 amide bonds. The van der Waals surface area contributed by atoms with E-state index in [1.165, 1.54) is 4.90 Å². The molecule has 0 aliphatic carbocycles. The monoisotopic (exact) mass is 567 g/mol. The van der Waals surface area contributed by atoms with E-state index >= 15 is 0 Å². The minimum Gasteiger partial charge on any atom is -0.492 e. The number of nitrogens with zero attached hydrogens (tertiary/aromatic N) is 1. The Balaban J connectivity index is 1.71. The molecule has 0 unspecified atom stereocenters. The molecule has 1 fully saturated rings. The van der Waals surface area contributed by atoms with Gasteiger partial charge in [0.2, 0.25) is 0 Å². The van der Waals surface area contributed by atoms with Crippen LogP contribution in [0.15, 0.2) is 41.3 Å². The molecule has 1 saturated heterocycles. The largest absolute Gasteiger partial charge is 0.492 e. The number of benzene rings is 2. The minimum absolute atomic E-state index is 0.196. The second kappa shape index (κ2) is 11.6. The number of amides is 2. The topological polar surface area (TPSA) is 65.1 Å². The van der Waals surface area contributed by atoms with Crippen molar-refractivity contribution in [2.45, 2.75) is 27.2 Å². The van der Waals surface area contributed by atoms with Crippen LogP contribution >= 0.6 is 34.4 Å². The molecule has 1 aliphatic heterocycles. The summed E-state index contributed by atoms with van der Waals surface area (Å²) in [6.45, 7) is 7.49. The van der Waals surface area contributed by atoms with Crippen LogP contribution < -0.4 is 14.2 Å². The third-order valence-corrected chi connectivity index (χ3v) is 6.27. The first kappa shape index (κ1) is 24.4. The molecule has 2 aromatic carbocycles. The number of hydrogen-bond donors (Lipinski definition) is 0. The van der Waals surface area contributed by atoms with Crippen molar-refractivity contribution in [2.24, 2.45) is 0 Å². The standard InChI is InChI=1S/C24H26INO5S/c1-4-11-31-22-19(25)13-17(14-20(22)29-5-2)15-21-23(27)26(24(28)32-21)10-12-30-18-8-6-16(3)7-9-18/h6-9,13-15H,4-5,10-12H2,1-3H3/b21-15-. The van der Waals surface area contributed by atoms with Crippen LogP contribution in [0.1, 0.15) is 31.4 Å². The van der Waals surface area contributed by atoms with E-state index in [0.717, 1.165) is 32.9 Å². The van der Waals surface area contributed by atoms with Crippen molar-refractivity contribution in [3.63, 3.8) is 0 Å². The number of carbonyl (C=O) groups is 2. The van der Waals surface area contributed by atoms with E-state index in [9.17, 15) is 9.59 Å². The van der Waals surface area contributed by atoms with Crippen molar-refractivity contribution >= 4 is 51.6 Å². The summed E-state index contributed by atoms with van der Waals surface area (Å²) in [5, 5.41) is -0.295. The highest BCUT2D eigenvalue weighted by Crippen LogP contribution is 2.37. The Kier molecular flexibility index (Phi) is 8.86. The van der Waals surface area contributed by atoms with Gasteiger partial charge in [-0.25, -0.2) is 0 Å². The number of ether oxygens (including phenoxy) is 3. The molecule has 3 rings (SSSR count). The fourth-order valence-electron chi connectivity index (χ4n) is 3.01. The van der Waals surface area contributed by atoms with E-state index in [2.05, 4.69) is 22.6 Å². The maximum Gasteiger partial charge on any atom is 0.293 e. The lowest BCUT2D eigenvalue weighted by Crippen LogP contribution is -2.32. The molecule has 0 aromatic heterocycles. The zero-order chi connectivity index (χ0) is 23.1. The third kappa shape index (κ3) is 6.19. The molecule has 0 N–H and O–H groups in total. The highest BCUT2D eigenvalue weighted by molar-refractivity contribution is 14.1. The molecular formula is C24H26INO5S. The van der Waals surface area contributed by atoms with Crippen LogP contribution in [-0.2, 0) is 4.79 Å². The van der Waals surface area contributed by atoms with E-state index in [1.54, 1.807) is 6.08 Å². The van der Waals surface area contributed by atoms with E-state index in [0.29, 0.717) is 35.4 Å². The Labute approximate surface area is 206 Å². The van der Waals surface area contributed by atoms with E-state index < -0.39 is 0 Å². The van der Waals surface area contributed by atoms with Crippen molar-refractivity contribution in [1.82, 2.24) is 4.90 Å². The van der Waals surface area contributed by atoms with Gasteiger partial charge in [0.25, 0.3) is 11.1 Å². The van der Waals surface area contributed by atoms with Crippen LogP contribution in [0, 0.1) is 10.5 Å². The molecule has 0 radical (unpaired) electrons. The minimum atomic E-state index is -0.313. The van der Waals surface area contributed by atoms with Gasteiger partial charge in [0.1, 0.15) is 12.4 Å². The molecule has 32 heavy (non-hydrogen) atoms. The average Bonchev–Trinajstić information content (AvgIpc) is 3.02. The van der Waals surface area contributed by atoms with Crippen molar-refractivity contribution < 1.29 is 23.8 Å². The summed E-state index contributed by atoms with van der Waals surface area (Å²) >= 11 is 3.13. The number of carbonyl (C=O) groups excluding carboxylic acids is 2. The van der Waals surface area contributed by atoms with Gasteiger partial charge in [-0.3, -0.25) is 14.5 Å². The molecule has 0 spiro atoms. The summed E-state index contributed by atoms with van der Waals surface area (Å²) in [5.41, 5.74) is 1.92. The molecular weight excluding hydrogens is 541 g/mol.